The Morgan fingerprint density at radius 1 is 1.50 bits per heavy atom. The zero-order chi connectivity index (χ0) is 13.3. The van der Waals surface area contributed by atoms with E-state index in [1.54, 1.807) is 6.92 Å². The van der Waals surface area contributed by atoms with E-state index in [-0.39, 0.29) is 17.7 Å². The van der Waals surface area contributed by atoms with E-state index in [2.05, 4.69) is 20.7 Å². The summed E-state index contributed by atoms with van der Waals surface area (Å²) in [6.07, 6.45) is -0.0296. The first-order valence-electron chi connectivity index (χ1n) is 5.83. The highest BCUT2D eigenvalue weighted by Gasteiger charge is 2.48. The van der Waals surface area contributed by atoms with Crippen LogP contribution in [0, 0.1) is 0 Å². The lowest BCUT2D eigenvalue weighted by molar-refractivity contribution is 0.198. The number of nitrogens with one attached hydrogen (secondary N) is 1. The molecule has 1 aromatic carbocycles. The second kappa shape index (κ2) is 5.28. The van der Waals surface area contributed by atoms with E-state index >= 15 is 0 Å². The lowest BCUT2D eigenvalue weighted by Gasteiger charge is -2.08. The molecule has 1 saturated carbocycles. The summed E-state index contributed by atoms with van der Waals surface area (Å²) in [6.45, 7) is 1.63. The Morgan fingerprint density at radius 2 is 2.17 bits per heavy atom. The highest BCUT2D eigenvalue weighted by Crippen LogP contribution is 2.47. The first-order valence-corrected chi connectivity index (χ1v) is 8.16. The molecule has 100 valence electrons. The van der Waals surface area contributed by atoms with Crippen molar-refractivity contribution in [3.8, 4) is 0 Å². The van der Waals surface area contributed by atoms with Crippen LogP contribution in [0.15, 0.2) is 28.7 Å². The number of sulfonamides is 1. The Labute approximate surface area is 116 Å². The second-order valence-corrected chi connectivity index (χ2v) is 7.48. The summed E-state index contributed by atoms with van der Waals surface area (Å²) in [7, 11) is -3.33. The maximum absolute atomic E-state index is 12.0. The molecule has 0 saturated heterocycles. The molecule has 0 aromatic heterocycles. The lowest BCUT2D eigenvalue weighted by Crippen LogP contribution is -2.33. The molecular weight excluding hydrogens is 318 g/mol. The van der Waals surface area contributed by atoms with E-state index in [4.69, 9.17) is 5.11 Å². The molecule has 2 rings (SSSR count). The van der Waals surface area contributed by atoms with Gasteiger partial charge in [-0.15, -0.1) is 0 Å². The number of halogens is 1. The van der Waals surface area contributed by atoms with Gasteiger partial charge in [0, 0.05) is 16.9 Å². The predicted octanol–water partition coefficient (Wildman–Crippen LogP) is 1.61. The van der Waals surface area contributed by atoms with Crippen molar-refractivity contribution in [2.24, 2.45) is 0 Å². The van der Waals surface area contributed by atoms with Crippen molar-refractivity contribution in [1.82, 2.24) is 4.72 Å². The minimum atomic E-state index is -3.33. The number of hydrogen-bond acceptors (Lipinski definition) is 3. The fourth-order valence-corrected chi connectivity index (χ4v) is 4.27. The molecule has 0 bridgehead atoms. The quantitative estimate of drug-likeness (QED) is 0.860. The molecule has 0 heterocycles. The molecule has 3 atom stereocenters. The molecule has 2 N–H and O–H groups in total. The van der Waals surface area contributed by atoms with Crippen LogP contribution in [-0.2, 0) is 10.0 Å². The summed E-state index contributed by atoms with van der Waals surface area (Å²) in [5, 5.41) is 8.73. The molecule has 0 aliphatic heterocycles. The van der Waals surface area contributed by atoms with E-state index < -0.39 is 16.1 Å². The van der Waals surface area contributed by atoms with Gasteiger partial charge in [-0.1, -0.05) is 34.1 Å². The van der Waals surface area contributed by atoms with E-state index in [1.807, 2.05) is 24.3 Å². The van der Waals surface area contributed by atoms with Gasteiger partial charge in [0.15, 0.2) is 0 Å². The molecule has 1 aliphatic carbocycles. The van der Waals surface area contributed by atoms with Gasteiger partial charge < -0.3 is 5.11 Å². The number of benzene rings is 1. The van der Waals surface area contributed by atoms with Gasteiger partial charge in [0.1, 0.15) is 0 Å². The van der Waals surface area contributed by atoms with Gasteiger partial charge in [-0.05, 0) is 25.0 Å². The van der Waals surface area contributed by atoms with Crippen molar-refractivity contribution < 1.29 is 13.5 Å². The minimum Gasteiger partial charge on any atom is -0.392 e. The van der Waals surface area contributed by atoms with Gasteiger partial charge in [-0.3, -0.25) is 0 Å². The fourth-order valence-electron chi connectivity index (χ4n) is 1.96. The first kappa shape index (κ1) is 14.0. The van der Waals surface area contributed by atoms with Gasteiger partial charge >= 0.3 is 0 Å². The Morgan fingerprint density at radius 3 is 2.78 bits per heavy atom. The van der Waals surface area contributed by atoms with Crippen molar-refractivity contribution in [2.75, 3.05) is 6.54 Å². The molecule has 0 spiro atoms. The van der Waals surface area contributed by atoms with Gasteiger partial charge in [0.2, 0.25) is 10.0 Å². The molecular formula is C12H16BrNO3S. The van der Waals surface area contributed by atoms with Crippen LogP contribution in [0.2, 0.25) is 0 Å². The third kappa shape index (κ3) is 3.12. The molecule has 1 aromatic rings. The zero-order valence-corrected chi connectivity index (χ0v) is 12.4. The summed E-state index contributed by atoms with van der Waals surface area (Å²) >= 11 is 3.44. The van der Waals surface area contributed by atoms with Gasteiger partial charge in [-0.2, -0.15) is 0 Å². The molecule has 18 heavy (non-hydrogen) atoms. The van der Waals surface area contributed by atoms with E-state index in [1.165, 1.54) is 0 Å². The number of rotatable bonds is 5. The SMILES string of the molecule is C[C@@H](O)CNS(=O)(=O)C1CC1c1ccccc1Br. The third-order valence-electron chi connectivity index (χ3n) is 3.02. The molecule has 0 radical (unpaired) electrons. The average molecular weight is 334 g/mol. The minimum absolute atomic E-state index is 0.0482. The standard InChI is InChI=1S/C12H16BrNO3S/c1-8(15)7-14-18(16,17)12-6-10(12)9-4-2-3-5-11(9)13/h2-5,8,10,12,14-15H,6-7H2,1H3/t8-,10?,12?/m1/s1. The van der Waals surface area contributed by atoms with Crippen molar-refractivity contribution >= 4 is 26.0 Å². The fraction of sp³-hybridized carbons (Fsp3) is 0.500. The zero-order valence-electron chi connectivity index (χ0n) is 10.0. The second-order valence-electron chi connectivity index (χ2n) is 4.64. The first-order chi connectivity index (χ1) is 8.42. The average Bonchev–Trinajstić information content (AvgIpc) is 3.08. The van der Waals surface area contributed by atoms with Crippen molar-refractivity contribution in [1.29, 1.82) is 0 Å². The van der Waals surface area contributed by atoms with Crippen LogP contribution < -0.4 is 4.72 Å². The van der Waals surface area contributed by atoms with Crippen molar-refractivity contribution in [2.45, 2.75) is 30.6 Å². The highest BCUT2D eigenvalue weighted by molar-refractivity contribution is 9.10. The number of aliphatic hydroxyl groups excluding tert-OH is 1. The summed E-state index contributed by atoms with van der Waals surface area (Å²) in [5.41, 5.74) is 1.03. The Hall–Kier alpha value is -0.430. The smallest absolute Gasteiger partial charge is 0.215 e. The number of aliphatic hydroxyl groups is 1. The van der Waals surface area contributed by atoms with Crippen molar-refractivity contribution in [3.63, 3.8) is 0 Å². The van der Waals surface area contributed by atoms with Gasteiger partial charge in [0.25, 0.3) is 0 Å². The summed E-state index contributed by atoms with van der Waals surface area (Å²) < 4.78 is 27.3. The van der Waals surface area contributed by atoms with Gasteiger partial charge in [-0.25, -0.2) is 13.1 Å². The maximum Gasteiger partial charge on any atom is 0.215 e. The molecule has 1 aliphatic rings. The van der Waals surface area contributed by atoms with Crippen LogP contribution >= 0.6 is 15.9 Å². The maximum atomic E-state index is 12.0. The molecule has 2 unspecified atom stereocenters. The van der Waals surface area contributed by atoms with Crippen LogP contribution in [0.3, 0.4) is 0 Å². The van der Waals surface area contributed by atoms with Gasteiger partial charge in [0.05, 0.1) is 11.4 Å². The Kier molecular flexibility index (Phi) is 4.11. The van der Waals surface area contributed by atoms with E-state index in [9.17, 15) is 8.42 Å². The van der Waals surface area contributed by atoms with Crippen LogP contribution in [-0.4, -0.2) is 31.4 Å². The monoisotopic (exact) mass is 333 g/mol. The third-order valence-corrected chi connectivity index (χ3v) is 5.62. The normalized spacial score (nSPS) is 24.8. The van der Waals surface area contributed by atoms with Crippen LogP contribution in [0.5, 0.6) is 0 Å². The van der Waals surface area contributed by atoms with E-state index in [0.29, 0.717) is 6.42 Å². The van der Waals surface area contributed by atoms with Crippen LogP contribution in [0.4, 0.5) is 0 Å². The van der Waals surface area contributed by atoms with Crippen LogP contribution in [0.1, 0.15) is 24.8 Å². The largest absolute Gasteiger partial charge is 0.392 e. The van der Waals surface area contributed by atoms with Crippen molar-refractivity contribution in [3.05, 3.63) is 34.3 Å². The summed E-state index contributed by atoms with van der Waals surface area (Å²) in [6, 6.07) is 7.68. The molecule has 0 amide bonds. The lowest BCUT2D eigenvalue weighted by atomic mass is 10.1. The predicted molar refractivity (Wildman–Crippen MR) is 73.9 cm³/mol. The molecule has 6 heteroatoms. The highest BCUT2D eigenvalue weighted by atomic mass is 79.9. The topological polar surface area (TPSA) is 66.4 Å². The summed E-state index contributed by atoms with van der Waals surface area (Å²) in [5.74, 6) is 0.0482. The number of hydrogen-bond donors (Lipinski definition) is 2. The Balaban J connectivity index is 2.05. The Bertz CT molecular complexity index is 530. The van der Waals surface area contributed by atoms with Crippen LogP contribution in [0.25, 0.3) is 0 Å². The molecule has 1 fully saturated rings. The van der Waals surface area contributed by atoms with E-state index in [0.717, 1.165) is 10.0 Å². The summed E-state index contributed by atoms with van der Waals surface area (Å²) in [4.78, 5) is 0. The molecule has 4 nitrogen and oxygen atoms in total.